The van der Waals surface area contributed by atoms with E-state index in [1.807, 2.05) is 0 Å². The van der Waals surface area contributed by atoms with Crippen molar-refractivity contribution in [3.63, 3.8) is 0 Å². The number of morpholine rings is 1. The zero-order valence-electron chi connectivity index (χ0n) is 5.60. The number of rotatable bonds is 2. The van der Waals surface area contributed by atoms with Gasteiger partial charge in [-0.25, -0.2) is 0 Å². The molecule has 1 aliphatic rings. The fourth-order valence-corrected chi connectivity index (χ4v) is 1.01. The Morgan fingerprint density at radius 3 is 3.11 bits per heavy atom. The minimum Gasteiger partial charge on any atom is -0.379 e. The summed E-state index contributed by atoms with van der Waals surface area (Å²) in [6.45, 7) is 3.41. The van der Waals surface area contributed by atoms with Crippen molar-refractivity contribution in [1.29, 1.82) is 0 Å². The van der Waals surface area contributed by atoms with Crippen LogP contribution in [-0.4, -0.2) is 32.3 Å². The van der Waals surface area contributed by atoms with Gasteiger partial charge in [0.1, 0.15) is 0 Å². The van der Waals surface area contributed by atoms with E-state index in [1.165, 1.54) is 0 Å². The summed E-state index contributed by atoms with van der Waals surface area (Å²) >= 11 is 0. The Kier molecular flexibility index (Phi) is 2.97. The molecule has 0 aromatic carbocycles. The number of ether oxygens (including phenoxy) is 1. The van der Waals surface area contributed by atoms with Gasteiger partial charge in [-0.2, -0.15) is 0 Å². The molecule has 1 atom stereocenters. The lowest BCUT2D eigenvalue weighted by molar-refractivity contribution is 0.0750. The molecule has 0 unspecified atom stereocenters. The van der Waals surface area contributed by atoms with Crippen LogP contribution in [0.25, 0.3) is 0 Å². The van der Waals surface area contributed by atoms with Gasteiger partial charge in [0.25, 0.3) is 0 Å². The Labute approximate surface area is 55.6 Å². The van der Waals surface area contributed by atoms with Gasteiger partial charge in [0.15, 0.2) is 0 Å². The van der Waals surface area contributed by atoms with Crippen molar-refractivity contribution < 1.29 is 4.74 Å². The van der Waals surface area contributed by atoms with Crippen LogP contribution in [-0.2, 0) is 4.74 Å². The molecular formula is C6H14N2O. The summed E-state index contributed by atoms with van der Waals surface area (Å²) in [7, 11) is 0. The molecule has 0 aromatic heterocycles. The Hall–Kier alpha value is -0.120. The minimum atomic E-state index is 0.503. The molecule has 9 heavy (non-hydrogen) atoms. The first-order valence-corrected chi connectivity index (χ1v) is 3.44. The second-order valence-corrected chi connectivity index (χ2v) is 2.30. The molecule has 1 saturated heterocycles. The average molecular weight is 130 g/mol. The quantitative estimate of drug-likeness (QED) is 0.521. The first kappa shape index (κ1) is 6.99. The van der Waals surface area contributed by atoms with Crippen LogP contribution < -0.4 is 11.1 Å². The van der Waals surface area contributed by atoms with E-state index in [0.717, 1.165) is 32.7 Å². The van der Waals surface area contributed by atoms with Crippen molar-refractivity contribution in [2.45, 2.75) is 12.5 Å². The van der Waals surface area contributed by atoms with Crippen molar-refractivity contribution >= 4 is 0 Å². The molecule has 1 fully saturated rings. The molecule has 0 radical (unpaired) electrons. The molecule has 54 valence electrons. The molecule has 0 bridgehead atoms. The molecule has 1 heterocycles. The third-order valence-electron chi connectivity index (χ3n) is 1.51. The highest BCUT2D eigenvalue weighted by Gasteiger charge is 2.10. The van der Waals surface area contributed by atoms with Gasteiger partial charge in [0, 0.05) is 12.6 Å². The predicted molar refractivity (Wildman–Crippen MR) is 36.3 cm³/mol. The van der Waals surface area contributed by atoms with E-state index in [-0.39, 0.29) is 0 Å². The van der Waals surface area contributed by atoms with Gasteiger partial charge in [0.2, 0.25) is 0 Å². The summed E-state index contributed by atoms with van der Waals surface area (Å²) in [6.07, 6.45) is 1.03. The van der Waals surface area contributed by atoms with Crippen molar-refractivity contribution in [2.75, 3.05) is 26.3 Å². The van der Waals surface area contributed by atoms with Crippen molar-refractivity contribution in [2.24, 2.45) is 5.73 Å². The normalized spacial score (nSPS) is 28.3. The van der Waals surface area contributed by atoms with Crippen LogP contribution in [0.1, 0.15) is 6.42 Å². The molecule has 0 amide bonds. The molecule has 0 spiro atoms. The van der Waals surface area contributed by atoms with E-state index in [9.17, 15) is 0 Å². The molecule has 1 aliphatic heterocycles. The van der Waals surface area contributed by atoms with E-state index in [4.69, 9.17) is 10.5 Å². The Bertz CT molecular complexity index is 68.7. The van der Waals surface area contributed by atoms with Gasteiger partial charge in [0.05, 0.1) is 13.2 Å². The van der Waals surface area contributed by atoms with Gasteiger partial charge in [-0.05, 0) is 13.0 Å². The largest absolute Gasteiger partial charge is 0.379 e. The van der Waals surface area contributed by atoms with Gasteiger partial charge < -0.3 is 15.8 Å². The van der Waals surface area contributed by atoms with Crippen LogP contribution in [0.5, 0.6) is 0 Å². The predicted octanol–water partition coefficient (Wildman–Crippen LogP) is -0.676. The number of nitrogens with two attached hydrogens (primary N) is 1. The first-order valence-electron chi connectivity index (χ1n) is 3.44. The highest BCUT2D eigenvalue weighted by molar-refractivity contribution is 4.69. The molecular weight excluding hydrogens is 116 g/mol. The van der Waals surface area contributed by atoms with Gasteiger partial charge in [-0.15, -0.1) is 0 Å². The Balaban J connectivity index is 2.08. The van der Waals surface area contributed by atoms with Crippen LogP contribution in [0.3, 0.4) is 0 Å². The van der Waals surface area contributed by atoms with E-state index in [1.54, 1.807) is 0 Å². The maximum Gasteiger partial charge on any atom is 0.0620 e. The standard InChI is InChI=1S/C6H14N2O/c7-2-1-6-5-9-4-3-8-6/h6,8H,1-5,7H2/t6-/m1/s1. The summed E-state index contributed by atoms with van der Waals surface area (Å²) in [5, 5.41) is 3.32. The summed E-state index contributed by atoms with van der Waals surface area (Å²) in [5.74, 6) is 0. The second kappa shape index (κ2) is 3.82. The smallest absolute Gasteiger partial charge is 0.0620 e. The SMILES string of the molecule is NCC[C@@H]1COCCN1. The second-order valence-electron chi connectivity index (χ2n) is 2.30. The van der Waals surface area contributed by atoms with Gasteiger partial charge in [-0.1, -0.05) is 0 Å². The van der Waals surface area contributed by atoms with Crippen LogP contribution in [0.2, 0.25) is 0 Å². The summed E-state index contributed by atoms with van der Waals surface area (Å²) < 4.78 is 5.22. The zero-order valence-corrected chi connectivity index (χ0v) is 5.60. The molecule has 0 saturated carbocycles. The topological polar surface area (TPSA) is 47.3 Å². The van der Waals surface area contributed by atoms with E-state index >= 15 is 0 Å². The third-order valence-corrected chi connectivity index (χ3v) is 1.51. The molecule has 3 N–H and O–H groups in total. The highest BCUT2D eigenvalue weighted by atomic mass is 16.5. The number of hydrogen-bond acceptors (Lipinski definition) is 3. The molecule has 0 aliphatic carbocycles. The summed E-state index contributed by atoms with van der Waals surface area (Å²) in [4.78, 5) is 0. The first-order chi connectivity index (χ1) is 4.43. The monoisotopic (exact) mass is 130 g/mol. The summed E-state index contributed by atoms with van der Waals surface area (Å²) in [5.41, 5.74) is 5.36. The zero-order chi connectivity index (χ0) is 6.53. The Morgan fingerprint density at radius 1 is 1.67 bits per heavy atom. The van der Waals surface area contributed by atoms with Crippen LogP contribution >= 0.6 is 0 Å². The molecule has 1 rings (SSSR count). The van der Waals surface area contributed by atoms with Crippen LogP contribution in [0, 0.1) is 0 Å². The van der Waals surface area contributed by atoms with Crippen LogP contribution in [0.4, 0.5) is 0 Å². The minimum absolute atomic E-state index is 0.503. The lowest BCUT2D eigenvalue weighted by atomic mass is 10.2. The van der Waals surface area contributed by atoms with E-state index in [2.05, 4.69) is 5.32 Å². The fourth-order valence-electron chi connectivity index (χ4n) is 1.01. The number of hydrogen-bond donors (Lipinski definition) is 2. The average Bonchev–Trinajstić information content (AvgIpc) is 1.91. The molecule has 0 aromatic rings. The van der Waals surface area contributed by atoms with E-state index in [0.29, 0.717) is 6.04 Å². The lowest BCUT2D eigenvalue weighted by Crippen LogP contribution is -2.42. The fraction of sp³-hybridized carbons (Fsp3) is 1.00. The highest BCUT2D eigenvalue weighted by Crippen LogP contribution is 1.95. The van der Waals surface area contributed by atoms with Gasteiger partial charge >= 0.3 is 0 Å². The Morgan fingerprint density at radius 2 is 2.56 bits per heavy atom. The maximum absolute atomic E-state index is 5.36. The van der Waals surface area contributed by atoms with Crippen molar-refractivity contribution in [1.82, 2.24) is 5.32 Å². The summed E-state index contributed by atoms with van der Waals surface area (Å²) in [6, 6.07) is 0.503. The van der Waals surface area contributed by atoms with Crippen LogP contribution in [0.15, 0.2) is 0 Å². The maximum atomic E-state index is 5.36. The lowest BCUT2D eigenvalue weighted by Gasteiger charge is -2.22. The van der Waals surface area contributed by atoms with Crippen molar-refractivity contribution in [3.8, 4) is 0 Å². The molecule has 3 nitrogen and oxygen atoms in total. The third kappa shape index (κ3) is 2.30. The van der Waals surface area contributed by atoms with Crippen molar-refractivity contribution in [3.05, 3.63) is 0 Å². The van der Waals surface area contributed by atoms with Gasteiger partial charge in [-0.3, -0.25) is 0 Å². The number of nitrogens with one attached hydrogen (secondary N) is 1. The van der Waals surface area contributed by atoms with E-state index < -0.39 is 0 Å². The molecule has 3 heteroatoms.